The van der Waals surface area contributed by atoms with Crippen LogP contribution in [0.5, 0.6) is 5.75 Å². The van der Waals surface area contributed by atoms with E-state index in [2.05, 4.69) is 15.3 Å². The first-order chi connectivity index (χ1) is 12.9. The van der Waals surface area contributed by atoms with Crippen molar-refractivity contribution in [2.24, 2.45) is 0 Å². The van der Waals surface area contributed by atoms with Crippen LogP contribution >= 0.6 is 0 Å². The number of Topliss-reactive ketones (excluding diaryl/α,β-unsaturated/α-hetero) is 1. The molecule has 1 aliphatic heterocycles. The number of nitrogens with zero attached hydrogens (tertiary/aromatic N) is 2. The van der Waals surface area contributed by atoms with E-state index in [-0.39, 0.29) is 5.78 Å². The maximum absolute atomic E-state index is 12.5. The van der Waals surface area contributed by atoms with Gasteiger partial charge in [-0.1, -0.05) is 30.3 Å². The molecule has 3 aromatic rings. The Balaban J connectivity index is 1.65. The third-order valence-corrected chi connectivity index (χ3v) is 4.43. The van der Waals surface area contributed by atoms with Crippen LogP contribution in [0.25, 0.3) is 11.3 Å². The summed E-state index contributed by atoms with van der Waals surface area (Å²) in [7, 11) is 0. The first-order valence-electron chi connectivity index (χ1n) is 8.94. The van der Waals surface area contributed by atoms with Gasteiger partial charge in [0.2, 0.25) is 0 Å². The predicted molar refractivity (Wildman–Crippen MR) is 106 cm³/mol. The number of ether oxygens (including phenoxy) is 1. The fraction of sp³-hybridized carbons (Fsp3) is 0.227. The van der Waals surface area contributed by atoms with Gasteiger partial charge in [-0.15, -0.1) is 0 Å². The zero-order valence-corrected chi connectivity index (χ0v) is 15.6. The van der Waals surface area contributed by atoms with Crippen LogP contribution in [0.3, 0.4) is 0 Å². The van der Waals surface area contributed by atoms with Crippen LogP contribution in [0, 0.1) is 6.92 Å². The first kappa shape index (κ1) is 17.2. The van der Waals surface area contributed by atoms with Crippen molar-refractivity contribution in [3.8, 4) is 17.0 Å². The van der Waals surface area contributed by atoms with Gasteiger partial charge in [0.1, 0.15) is 23.0 Å². The van der Waals surface area contributed by atoms with Crippen molar-refractivity contribution in [1.82, 2.24) is 9.97 Å². The molecule has 1 aliphatic rings. The highest BCUT2D eigenvalue weighted by molar-refractivity contribution is 6.01. The molecule has 1 aromatic heterocycles. The van der Waals surface area contributed by atoms with Gasteiger partial charge in [0.15, 0.2) is 5.78 Å². The summed E-state index contributed by atoms with van der Waals surface area (Å²) in [5, 5.41) is 3.29. The predicted octanol–water partition coefficient (Wildman–Crippen LogP) is 4.94. The van der Waals surface area contributed by atoms with Gasteiger partial charge in [-0.2, -0.15) is 0 Å². The molecule has 0 spiro atoms. The minimum atomic E-state index is -0.465. The van der Waals surface area contributed by atoms with Gasteiger partial charge < -0.3 is 10.1 Å². The van der Waals surface area contributed by atoms with E-state index in [1.807, 2.05) is 75.4 Å². The quantitative estimate of drug-likeness (QED) is 0.717. The molecule has 0 radical (unpaired) electrons. The fourth-order valence-electron chi connectivity index (χ4n) is 3.27. The van der Waals surface area contributed by atoms with Gasteiger partial charge in [0, 0.05) is 17.3 Å². The highest BCUT2D eigenvalue weighted by Crippen LogP contribution is 2.35. The number of carbonyl (C=O) groups is 1. The number of ketones is 1. The maximum atomic E-state index is 12.5. The number of benzene rings is 2. The number of aryl methyl sites for hydroxylation is 1. The lowest BCUT2D eigenvalue weighted by atomic mass is 9.93. The molecular formula is C22H21N3O2. The van der Waals surface area contributed by atoms with E-state index < -0.39 is 5.60 Å². The molecule has 5 nitrogen and oxygen atoms in total. The van der Waals surface area contributed by atoms with Crippen LogP contribution in [0.2, 0.25) is 0 Å². The fourth-order valence-corrected chi connectivity index (χ4v) is 3.27. The lowest BCUT2D eigenvalue weighted by Gasteiger charge is -2.31. The SMILES string of the molecule is Cc1nc(Nc2ccc3c(c2)C(=O)CC(C)(C)O3)cc(-c2ccccc2)n1. The highest BCUT2D eigenvalue weighted by Gasteiger charge is 2.32. The number of nitrogens with one attached hydrogen (secondary N) is 1. The second kappa shape index (κ2) is 6.50. The van der Waals surface area contributed by atoms with Gasteiger partial charge >= 0.3 is 0 Å². The average Bonchev–Trinajstić information content (AvgIpc) is 2.62. The molecule has 1 N–H and O–H groups in total. The van der Waals surface area contributed by atoms with E-state index >= 15 is 0 Å². The lowest BCUT2D eigenvalue weighted by Crippen LogP contribution is -2.35. The minimum absolute atomic E-state index is 0.0914. The summed E-state index contributed by atoms with van der Waals surface area (Å²) in [6.07, 6.45) is 0.369. The van der Waals surface area contributed by atoms with Crippen LogP contribution in [-0.2, 0) is 0 Å². The van der Waals surface area contributed by atoms with Crippen molar-refractivity contribution in [2.75, 3.05) is 5.32 Å². The Labute approximate surface area is 158 Å². The van der Waals surface area contributed by atoms with Crippen LogP contribution < -0.4 is 10.1 Å². The second-order valence-corrected chi connectivity index (χ2v) is 7.35. The van der Waals surface area contributed by atoms with Crippen LogP contribution in [0.1, 0.15) is 36.5 Å². The monoisotopic (exact) mass is 359 g/mol. The molecule has 0 saturated heterocycles. The summed E-state index contributed by atoms with van der Waals surface area (Å²) >= 11 is 0. The third kappa shape index (κ3) is 3.67. The zero-order chi connectivity index (χ0) is 19.0. The molecule has 0 saturated carbocycles. The number of hydrogen-bond donors (Lipinski definition) is 1. The molecule has 4 rings (SSSR count). The Morgan fingerprint density at radius 2 is 1.81 bits per heavy atom. The van der Waals surface area contributed by atoms with Crippen LogP contribution in [0.4, 0.5) is 11.5 Å². The Morgan fingerprint density at radius 1 is 1.04 bits per heavy atom. The lowest BCUT2D eigenvalue weighted by molar-refractivity contribution is 0.0620. The van der Waals surface area contributed by atoms with Crippen molar-refractivity contribution in [2.45, 2.75) is 32.8 Å². The number of hydrogen-bond acceptors (Lipinski definition) is 5. The molecule has 27 heavy (non-hydrogen) atoms. The molecule has 0 bridgehead atoms. The van der Waals surface area contributed by atoms with E-state index in [4.69, 9.17) is 4.74 Å². The number of carbonyl (C=O) groups excluding carboxylic acids is 1. The van der Waals surface area contributed by atoms with E-state index in [1.54, 1.807) is 0 Å². The molecule has 0 atom stereocenters. The zero-order valence-electron chi connectivity index (χ0n) is 15.6. The van der Waals surface area contributed by atoms with Crippen LogP contribution in [0.15, 0.2) is 54.6 Å². The van der Waals surface area contributed by atoms with Gasteiger partial charge in [-0.25, -0.2) is 9.97 Å². The van der Waals surface area contributed by atoms with Gasteiger partial charge in [0.25, 0.3) is 0 Å². The van der Waals surface area contributed by atoms with E-state index in [9.17, 15) is 4.79 Å². The molecule has 0 aliphatic carbocycles. The molecule has 136 valence electrons. The molecular weight excluding hydrogens is 338 g/mol. The smallest absolute Gasteiger partial charge is 0.170 e. The largest absolute Gasteiger partial charge is 0.487 e. The summed E-state index contributed by atoms with van der Waals surface area (Å²) in [5.41, 5.74) is 2.82. The van der Waals surface area contributed by atoms with Crippen molar-refractivity contribution in [3.63, 3.8) is 0 Å². The molecule has 5 heteroatoms. The van der Waals surface area contributed by atoms with Gasteiger partial charge in [0.05, 0.1) is 17.7 Å². The molecule has 2 heterocycles. The average molecular weight is 359 g/mol. The molecule has 0 unspecified atom stereocenters. The summed E-state index contributed by atoms with van der Waals surface area (Å²) in [5.74, 6) is 2.09. The highest BCUT2D eigenvalue weighted by atomic mass is 16.5. The number of aromatic nitrogens is 2. The summed E-state index contributed by atoms with van der Waals surface area (Å²) < 4.78 is 5.92. The molecule has 2 aromatic carbocycles. The third-order valence-electron chi connectivity index (χ3n) is 4.43. The Morgan fingerprint density at radius 3 is 2.59 bits per heavy atom. The van der Waals surface area contributed by atoms with Crippen molar-refractivity contribution in [3.05, 3.63) is 66.0 Å². The van der Waals surface area contributed by atoms with Gasteiger partial charge in [-0.05, 0) is 39.0 Å². The standard InChI is InChI=1S/C22H21N3O2/c1-14-23-18(15-7-5-4-6-8-15)12-21(24-14)25-16-9-10-20-17(11-16)19(26)13-22(2,3)27-20/h4-12H,13H2,1-3H3,(H,23,24,25). The molecule has 0 amide bonds. The number of rotatable bonds is 3. The van der Waals surface area contributed by atoms with E-state index in [1.165, 1.54) is 0 Å². The van der Waals surface area contributed by atoms with Crippen molar-refractivity contribution >= 4 is 17.3 Å². The van der Waals surface area contributed by atoms with Crippen LogP contribution in [-0.4, -0.2) is 21.4 Å². The van der Waals surface area contributed by atoms with Crippen molar-refractivity contribution in [1.29, 1.82) is 0 Å². The number of anilines is 2. The number of fused-ring (bicyclic) bond motifs is 1. The normalized spacial score (nSPS) is 15.0. The van der Waals surface area contributed by atoms with E-state index in [0.29, 0.717) is 29.4 Å². The molecule has 0 fully saturated rings. The summed E-state index contributed by atoms with van der Waals surface area (Å²) in [4.78, 5) is 21.5. The van der Waals surface area contributed by atoms with Gasteiger partial charge in [-0.3, -0.25) is 4.79 Å². The minimum Gasteiger partial charge on any atom is -0.487 e. The van der Waals surface area contributed by atoms with Crippen molar-refractivity contribution < 1.29 is 9.53 Å². The summed E-state index contributed by atoms with van der Waals surface area (Å²) in [6, 6.07) is 17.4. The first-order valence-corrected chi connectivity index (χ1v) is 8.94. The topological polar surface area (TPSA) is 64.1 Å². The van der Waals surface area contributed by atoms with E-state index in [0.717, 1.165) is 16.9 Å². The maximum Gasteiger partial charge on any atom is 0.170 e. The Hall–Kier alpha value is -3.21. The summed E-state index contributed by atoms with van der Waals surface area (Å²) in [6.45, 7) is 5.72. The Bertz CT molecular complexity index is 1010. The Kier molecular flexibility index (Phi) is 4.15. The second-order valence-electron chi connectivity index (χ2n) is 7.35.